The van der Waals surface area contributed by atoms with Gasteiger partial charge in [0.15, 0.2) is 5.96 Å². The molecule has 2 aromatic rings. The molecule has 1 aliphatic heterocycles. The molecule has 3 rings (SSSR count). The van der Waals surface area contributed by atoms with Gasteiger partial charge in [0, 0.05) is 45.4 Å². The summed E-state index contributed by atoms with van der Waals surface area (Å²) in [6.07, 6.45) is 3.15. The number of halogens is 1. The van der Waals surface area contributed by atoms with Crippen LogP contribution in [-0.2, 0) is 17.9 Å². The number of hydrogen-bond acceptors (Lipinski definition) is 4. The van der Waals surface area contributed by atoms with Crippen LogP contribution in [0.4, 0.5) is 5.69 Å². The number of aliphatic imine (C=N–C) groups is 1. The molecular weight excluding hydrogens is 445 g/mol. The molecule has 26 heavy (non-hydrogen) atoms. The largest absolute Gasteiger partial charge is 0.364 e. The van der Waals surface area contributed by atoms with Crippen molar-refractivity contribution in [2.75, 3.05) is 25.5 Å². The lowest BCUT2D eigenvalue weighted by atomic mass is 10.2. The predicted octanol–water partition coefficient (Wildman–Crippen LogP) is 2.63. The molecular formula is C18H24IN5O2. The third kappa shape index (κ3) is 4.96. The Kier molecular flexibility index (Phi) is 7.43. The van der Waals surface area contributed by atoms with Gasteiger partial charge in [0.05, 0.1) is 6.54 Å². The molecule has 8 heteroatoms. The van der Waals surface area contributed by atoms with E-state index in [1.807, 2.05) is 47.2 Å². The molecule has 0 atom stereocenters. The SMILES string of the molecule is CN=C(NCc1ccc(N2CCCC2=O)cc1)N(C)Cc1ccon1.I. The summed E-state index contributed by atoms with van der Waals surface area (Å²) < 4.78 is 4.85. The Morgan fingerprint density at radius 2 is 2.12 bits per heavy atom. The fourth-order valence-corrected chi connectivity index (χ4v) is 2.92. The average molecular weight is 469 g/mol. The second-order valence-electron chi connectivity index (χ2n) is 6.06. The van der Waals surface area contributed by atoms with Gasteiger partial charge < -0.3 is 19.6 Å². The number of carbonyl (C=O) groups excluding carboxylic acids is 1. The Balaban J connectivity index is 0.00000243. The third-order valence-electron chi connectivity index (χ3n) is 4.24. The van der Waals surface area contributed by atoms with E-state index in [0.29, 0.717) is 19.5 Å². The van der Waals surface area contributed by atoms with Crippen LogP contribution in [0.5, 0.6) is 0 Å². The summed E-state index contributed by atoms with van der Waals surface area (Å²) in [4.78, 5) is 19.9. The summed E-state index contributed by atoms with van der Waals surface area (Å²) >= 11 is 0. The Bertz CT molecular complexity index is 731. The van der Waals surface area contributed by atoms with Crippen LogP contribution in [-0.4, -0.2) is 42.6 Å². The van der Waals surface area contributed by atoms with Crippen LogP contribution in [0.1, 0.15) is 24.1 Å². The highest BCUT2D eigenvalue weighted by molar-refractivity contribution is 14.0. The highest BCUT2D eigenvalue weighted by Gasteiger charge is 2.21. The summed E-state index contributed by atoms with van der Waals surface area (Å²) in [7, 11) is 3.70. The highest BCUT2D eigenvalue weighted by atomic mass is 127. The molecule has 140 valence electrons. The van der Waals surface area contributed by atoms with Crippen molar-refractivity contribution in [3.8, 4) is 0 Å². The molecule has 1 aliphatic rings. The van der Waals surface area contributed by atoms with Gasteiger partial charge >= 0.3 is 0 Å². The van der Waals surface area contributed by atoms with Crippen LogP contribution in [0.3, 0.4) is 0 Å². The molecule has 0 bridgehead atoms. The van der Waals surface area contributed by atoms with Crippen molar-refractivity contribution >= 4 is 41.5 Å². The number of amides is 1. The van der Waals surface area contributed by atoms with Crippen molar-refractivity contribution in [2.45, 2.75) is 25.9 Å². The maximum atomic E-state index is 11.8. The maximum Gasteiger partial charge on any atom is 0.227 e. The highest BCUT2D eigenvalue weighted by Crippen LogP contribution is 2.21. The van der Waals surface area contributed by atoms with Crippen LogP contribution < -0.4 is 10.2 Å². The summed E-state index contributed by atoms with van der Waals surface area (Å²) in [5.41, 5.74) is 2.95. The second kappa shape index (κ2) is 9.56. The second-order valence-corrected chi connectivity index (χ2v) is 6.06. The number of nitrogens with zero attached hydrogens (tertiary/aromatic N) is 4. The Hall–Kier alpha value is -2.10. The number of rotatable bonds is 5. The van der Waals surface area contributed by atoms with Crippen LogP contribution in [0.15, 0.2) is 46.1 Å². The third-order valence-corrected chi connectivity index (χ3v) is 4.24. The lowest BCUT2D eigenvalue weighted by Gasteiger charge is -2.21. The van der Waals surface area contributed by atoms with E-state index in [4.69, 9.17) is 4.52 Å². The quantitative estimate of drug-likeness (QED) is 0.414. The van der Waals surface area contributed by atoms with Gasteiger partial charge in [0.2, 0.25) is 5.91 Å². The zero-order chi connectivity index (χ0) is 17.6. The molecule has 0 aliphatic carbocycles. The van der Waals surface area contributed by atoms with E-state index >= 15 is 0 Å². The van der Waals surface area contributed by atoms with Gasteiger partial charge in [-0.05, 0) is 24.1 Å². The summed E-state index contributed by atoms with van der Waals surface area (Å²) in [6, 6.07) is 9.92. The van der Waals surface area contributed by atoms with Crippen molar-refractivity contribution < 1.29 is 9.32 Å². The van der Waals surface area contributed by atoms with E-state index in [1.54, 1.807) is 13.3 Å². The van der Waals surface area contributed by atoms with Crippen LogP contribution >= 0.6 is 24.0 Å². The van der Waals surface area contributed by atoms with E-state index in [1.165, 1.54) is 0 Å². The van der Waals surface area contributed by atoms with E-state index < -0.39 is 0 Å². The maximum absolute atomic E-state index is 11.8. The van der Waals surface area contributed by atoms with Gasteiger partial charge in [-0.3, -0.25) is 9.79 Å². The summed E-state index contributed by atoms with van der Waals surface area (Å²) in [5, 5.41) is 7.25. The fourth-order valence-electron chi connectivity index (χ4n) is 2.92. The molecule has 1 aromatic carbocycles. The molecule has 0 saturated carbocycles. The molecule has 0 unspecified atom stereocenters. The first-order valence-corrected chi connectivity index (χ1v) is 8.37. The molecule has 1 saturated heterocycles. The van der Waals surface area contributed by atoms with E-state index in [2.05, 4.69) is 15.5 Å². The minimum atomic E-state index is 0. The molecule has 1 N–H and O–H groups in total. The van der Waals surface area contributed by atoms with Crippen molar-refractivity contribution in [3.63, 3.8) is 0 Å². The number of aromatic nitrogens is 1. The van der Waals surface area contributed by atoms with Crippen molar-refractivity contribution in [1.29, 1.82) is 0 Å². The topological polar surface area (TPSA) is 74.0 Å². The first-order valence-electron chi connectivity index (χ1n) is 8.37. The van der Waals surface area contributed by atoms with Crippen molar-refractivity contribution in [1.82, 2.24) is 15.4 Å². The lowest BCUT2D eigenvalue weighted by Crippen LogP contribution is -2.38. The number of hydrogen-bond donors (Lipinski definition) is 1. The molecule has 1 amide bonds. The number of anilines is 1. The fraction of sp³-hybridized carbons (Fsp3) is 0.389. The number of guanidine groups is 1. The lowest BCUT2D eigenvalue weighted by molar-refractivity contribution is -0.117. The zero-order valence-electron chi connectivity index (χ0n) is 15.0. The van der Waals surface area contributed by atoms with Gasteiger partial charge in [-0.1, -0.05) is 17.3 Å². The first kappa shape index (κ1) is 20.2. The van der Waals surface area contributed by atoms with Crippen LogP contribution in [0.2, 0.25) is 0 Å². The van der Waals surface area contributed by atoms with Crippen LogP contribution in [0.25, 0.3) is 0 Å². The molecule has 0 radical (unpaired) electrons. The molecule has 1 fully saturated rings. The Morgan fingerprint density at radius 1 is 1.35 bits per heavy atom. The van der Waals surface area contributed by atoms with E-state index in [9.17, 15) is 4.79 Å². The normalized spacial score (nSPS) is 14.3. The molecule has 0 spiro atoms. The smallest absolute Gasteiger partial charge is 0.227 e. The van der Waals surface area contributed by atoms with Gasteiger partial charge in [-0.25, -0.2) is 0 Å². The van der Waals surface area contributed by atoms with Crippen LogP contribution in [0, 0.1) is 0 Å². The average Bonchev–Trinajstić information content (AvgIpc) is 3.28. The number of nitrogens with one attached hydrogen (secondary N) is 1. The molecule has 1 aromatic heterocycles. The minimum Gasteiger partial charge on any atom is -0.364 e. The van der Waals surface area contributed by atoms with Gasteiger partial charge in [-0.2, -0.15) is 0 Å². The summed E-state index contributed by atoms with van der Waals surface area (Å²) in [6.45, 7) is 2.09. The van der Waals surface area contributed by atoms with E-state index in [0.717, 1.165) is 35.9 Å². The number of benzene rings is 1. The molecule has 2 heterocycles. The molecule has 7 nitrogen and oxygen atoms in total. The number of carbonyl (C=O) groups is 1. The van der Waals surface area contributed by atoms with Gasteiger partial charge in [-0.15, -0.1) is 24.0 Å². The zero-order valence-corrected chi connectivity index (χ0v) is 17.3. The first-order chi connectivity index (χ1) is 12.2. The van der Waals surface area contributed by atoms with Crippen molar-refractivity contribution in [3.05, 3.63) is 47.9 Å². The monoisotopic (exact) mass is 469 g/mol. The minimum absolute atomic E-state index is 0. The Morgan fingerprint density at radius 3 is 2.69 bits per heavy atom. The summed E-state index contributed by atoms with van der Waals surface area (Å²) in [5.74, 6) is 0.988. The van der Waals surface area contributed by atoms with E-state index in [-0.39, 0.29) is 29.9 Å². The van der Waals surface area contributed by atoms with Gasteiger partial charge in [0.1, 0.15) is 12.0 Å². The predicted molar refractivity (Wildman–Crippen MR) is 112 cm³/mol. The Labute approximate surface area is 170 Å². The van der Waals surface area contributed by atoms with Gasteiger partial charge in [0.25, 0.3) is 0 Å². The van der Waals surface area contributed by atoms with Crippen molar-refractivity contribution in [2.24, 2.45) is 4.99 Å². The standard InChI is InChI=1S/C18H23N5O2.HI/c1-19-18(22(2)13-15-9-11-25-21-15)20-12-14-5-7-16(8-6-14)23-10-3-4-17(23)24;/h5-9,11H,3-4,10,12-13H2,1-2H3,(H,19,20);1H.